The summed E-state index contributed by atoms with van der Waals surface area (Å²) in [7, 11) is 0. The van der Waals surface area contributed by atoms with Gasteiger partial charge in [0.25, 0.3) is 5.91 Å². The Labute approximate surface area is 144 Å². The molecule has 2 aromatic rings. The van der Waals surface area contributed by atoms with Crippen molar-refractivity contribution < 1.29 is 18.7 Å². The quantitative estimate of drug-likeness (QED) is 0.920. The zero-order valence-corrected chi connectivity index (χ0v) is 13.3. The van der Waals surface area contributed by atoms with Crippen LogP contribution in [0.25, 0.3) is 0 Å². The highest BCUT2D eigenvalue weighted by Crippen LogP contribution is 2.19. The van der Waals surface area contributed by atoms with E-state index in [4.69, 9.17) is 14.7 Å². The van der Waals surface area contributed by atoms with Crippen molar-refractivity contribution in [1.82, 2.24) is 10.3 Å². The van der Waals surface area contributed by atoms with E-state index in [1.54, 1.807) is 18.2 Å². The molecule has 0 radical (unpaired) electrons. The second-order valence-corrected chi connectivity index (χ2v) is 5.60. The van der Waals surface area contributed by atoms with Crippen molar-refractivity contribution in [3.63, 3.8) is 0 Å². The van der Waals surface area contributed by atoms with Crippen molar-refractivity contribution in [3.8, 4) is 11.8 Å². The molecule has 6 nitrogen and oxygen atoms in total. The average Bonchev–Trinajstić information content (AvgIpc) is 2.63. The zero-order valence-electron chi connectivity index (χ0n) is 13.3. The molecule has 2 atom stereocenters. The second kappa shape index (κ2) is 7.73. The van der Waals surface area contributed by atoms with E-state index < -0.39 is 11.9 Å². The Balaban J connectivity index is 1.68. The fraction of sp³-hybridized carbons (Fsp3) is 0.278. The Kier molecular flexibility index (Phi) is 5.21. The van der Waals surface area contributed by atoms with Gasteiger partial charge < -0.3 is 14.8 Å². The number of carbonyl (C=O) groups is 1. The summed E-state index contributed by atoms with van der Waals surface area (Å²) in [6.45, 7) is 0.798. The number of nitriles is 1. The number of aromatic nitrogens is 1. The molecule has 1 aromatic heterocycles. The molecule has 1 amide bonds. The lowest BCUT2D eigenvalue weighted by atomic mass is 10.1. The van der Waals surface area contributed by atoms with Gasteiger partial charge in [0.2, 0.25) is 0 Å². The van der Waals surface area contributed by atoms with Crippen LogP contribution in [-0.4, -0.2) is 36.3 Å². The topological polar surface area (TPSA) is 84.2 Å². The van der Waals surface area contributed by atoms with Crippen LogP contribution < -0.4 is 10.1 Å². The molecular formula is C18H16FN3O3. The van der Waals surface area contributed by atoms with Crippen molar-refractivity contribution >= 4 is 5.91 Å². The first-order valence-electron chi connectivity index (χ1n) is 7.82. The molecule has 1 aliphatic heterocycles. The maximum atomic E-state index is 13.3. The van der Waals surface area contributed by atoms with E-state index in [0.29, 0.717) is 30.9 Å². The normalized spacial score (nSPS) is 19.7. The molecule has 25 heavy (non-hydrogen) atoms. The summed E-state index contributed by atoms with van der Waals surface area (Å²) in [5, 5.41) is 11.6. The fourth-order valence-corrected chi connectivity index (χ4v) is 2.55. The summed E-state index contributed by atoms with van der Waals surface area (Å²) in [4.78, 5) is 16.3. The van der Waals surface area contributed by atoms with Gasteiger partial charge in [-0.05, 0) is 30.7 Å². The highest BCUT2D eigenvalue weighted by molar-refractivity contribution is 5.94. The number of pyridine rings is 1. The van der Waals surface area contributed by atoms with Gasteiger partial charge in [-0.15, -0.1) is 0 Å². The van der Waals surface area contributed by atoms with Gasteiger partial charge >= 0.3 is 0 Å². The number of amides is 1. The van der Waals surface area contributed by atoms with Gasteiger partial charge in [0.05, 0.1) is 18.2 Å². The van der Waals surface area contributed by atoms with E-state index in [1.807, 2.05) is 6.07 Å². The minimum atomic E-state index is -0.425. The zero-order chi connectivity index (χ0) is 17.6. The number of hydrogen-bond acceptors (Lipinski definition) is 5. The third-order valence-electron chi connectivity index (χ3n) is 3.84. The molecule has 7 heteroatoms. The molecule has 0 unspecified atom stereocenters. The Morgan fingerprint density at radius 1 is 1.40 bits per heavy atom. The largest absolute Gasteiger partial charge is 0.486 e. The van der Waals surface area contributed by atoms with Crippen LogP contribution in [0.5, 0.6) is 5.75 Å². The van der Waals surface area contributed by atoms with Gasteiger partial charge in [0, 0.05) is 18.9 Å². The molecule has 0 saturated carbocycles. The molecule has 3 rings (SSSR count). The minimum Gasteiger partial charge on any atom is -0.486 e. The molecule has 2 heterocycles. The van der Waals surface area contributed by atoms with Crippen LogP contribution in [-0.2, 0) is 4.74 Å². The number of benzene rings is 1. The van der Waals surface area contributed by atoms with E-state index in [2.05, 4.69) is 10.3 Å². The maximum absolute atomic E-state index is 13.3. The summed E-state index contributed by atoms with van der Waals surface area (Å²) < 4.78 is 24.5. The van der Waals surface area contributed by atoms with Gasteiger partial charge in [-0.2, -0.15) is 5.26 Å². The highest BCUT2D eigenvalue weighted by Gasteiger charge is 2.29. The lowest BCUT2D eigenvalue weighted by Gasteiger charge is -2.32. The van der Waals surface area contributed by atoms with Gasteiger partial charge in [-0.25, -0.2) is 9.37 Å². The van der Waals surface area contributed by atoms with Crippen LogP contribution in [0.4, 0.5) is 4.39 Å². The van der Waals surface area contributed by atoms with Crippen molar-refractivity contribution in [1.29, 1.82) is 5.26 Å². The Morgan fingerprint density at radius 3 is 3.00 bits per heavy atom. The minimum absolute atomic E-state index is 0.245. The van der Waals surface area contributed by atoms with Crippen molar-refractivity contribution in [2.75, 3.05) is 13.2 Å². The molecule has 0 bridgehead atoms. The third kappa shape index (κ3) is 4.31. The Bertz CT molecular complexity index is 789. The number of hydrogen-bond donors (Lipinski definition) is 1. The number of rotatable bonds is 4. The standard InChI is InChI=1S/C18H16FN3O3/c19-13-2-1-3-15(8-13)25-17-11-24-7-6-16(17)22-18(23)12-4-5-14(9-20)21-10-12/h1-5,8,10,16-17H,6-7,11H2,(H,22,23)/t16-,17-/m1/s1. The molecule has 1 aliphatic rings. The summed E-state index contributed by atoms with van der Waals surface area (Å²) in [6, 6.07) is 10.5. The SMILES string of the molecule is N#Cc1ccc(C(=O)N[C@@H]2CCOC[C@H]2Oc2cccc(F)c2)cn1. The fourth-order valence-electron chi connectivity index (χ4n) is 2.55. The van der Waals surface area contributed by atoms with E-state index in [-0.39, 0.29) is 17.6 Å². The van der Waals surface area contributed by atoms with Crippen LogP contribution in [0, 0.1) is 17.1 Å². The first-order valence-corrected chi connectivity index (χ1v) is 7.82. The summed E-state index contributed by atoms with van der Waals surface area (Å²) in [5.74, 6) is -0.315. The summed E-state index contributed by atoms with van der Waals surface area (Å²) in [5.41, 5.74) is 0.602. The summed E-state index contributed by atoms with van der Waals surface area (Å²) in [6.07, 6.45) is 1.51. The Hall–Kier alpha value is -2.98. The van der Waals surface area contributed by atoms with Crippen LogP contribution >= 0.6 is 0 Å². The van der Waals surface area contributed by atoms with Gasteiger partial charge in [-0.1, -0.05) is 6.07 Å². The number of carbonyl (C=O) groups excluding carboxylic acids is 1. The lowest BCUT2D eigenvalue weighted by molar-refractivity contribution is -0.0136. The van der Waals surface area contributed by atoms with E-state index in [9.17, 15) is 9.18 Å². The monoisotopic (exact) mass is 341 g/mol. The number of nitrogens with one attached hydrogen (secondary N) is 1. The number of ether oxygens (including phenoxy) is 2. The molecule has 1 saturated heterocycles. The van der Waals surface area contributed by atoms with E-state index in [0.717, 1.165) is 0 Å². The first-order chi connectivity index (χ1) is 12.2. The smallest absolute Gasteiger partial charge is 0.253 e. The van der Waals surface area contributed by atoms with Crippen LogP contribution in [0.3, 0.4) is 0 Å². The lowest BCUT2D eigenvalue weighted by Crippen LogP contribution is -2.51. The van der Waals surface area contributed by atoms with E-state index >= 15 is 0 Å². The number of nitrogens with zero attached hydrogens (tertiary/aromatic N) is 2. The first kappa shape index (κ1) is 16.9. The second-order valence-electron chi connectivity index (χ2n) is 5.60. The molecule has 1 N–H and O–H groups in total. The number of halogens is 1. The average molecular weight is 341 g/mol. The van der Waals surface area contributed by atoms with Crippen molar-refractivity contribution in [3.05, 3.63) is 59.7 Å². The molecule has 0 aliphatic carbocycles. The van der Waals surface area contributed by atoms with Gasteiger partial charge in [-0.3, -0.25) is 4.79 Å². The predicted octanol–water partition coefficient (Wildman–Crippen LogP) is 2.06. The molecule has 1 aromatic carbocycles. The van der Waals surface area contributed by atoms with Crippen molar-refractivity contribution in [2.24, 2.45) is 0 Å². The van der Waals surface area contributed by atoms with Crippen LogP contribution in [0.1, 0.15) is 22.5 Å². The summed E-state index contributed by atoms with van der Waals surface area (Å²) >= 11 is 0. The molecule has 1 fully saturated rings. The predicted molar refractivity (Wildman–Crippen MR) is 86.5 cm³/mol. The van der Waals surface area contributed by atoms with Crippen LogP contribution in [0.15, 0.2) is 42.6 Å². The molecule has 128 valence electrons. The van der Waals surface area contributed by atoms with E-state index in [1.165, 1.54) is 24.4 Å². The molecule has 0 spiro atoms. The Morgan fingerprint density at radius 2 is 2.28 bits per heavy atom. The van der Waals surface area contributed by atoms with Gasteiger partial charge in [0.15, 0.2) is 0 Å². The third-order valence-corrected chi connectivity index (χ3v) is 3.84. The van der Waals surface area contributed by atoms with Crippen LogP contribution in [0.2, 0.25) is 0 Å². The highest BCUT2D eigenvalue weighted by atomic mass is 19.1. The maximum Gasteiger partial charge on any atom is 0.253 e. The van der Waals surface area contributed by atoms with Crippen molar-refractivity contribution in [2.45, 2.75) is 18.6 Å². The molecular weight excluding hydrogens is 325 g/mol. The van der Waals surface area contributed by atoms with Gasteiger partial charge in [0.1, 0.15) is 29.4 Å².